The number of hydrogen-bond acceptors (Lipinski definition) is 5. The van der Waals surface area contributed by atoms with Crippen molar-refractivity contribution in [3.8, 4) is 0 Å². The van der Waals surface area contributed by atoms with Gasteiger partial charge in [0.05, 0.1) is 10.5 Å². The molecule has 2 N–H and O–H groups in total. The second kappa shape index (κ2) is 6.10. The average molecular weight is 287 g/mol. The Kier molecular flexibility index (Phi) is 4.76. The number of nitro groups is 1. The van der Waals surface area contributed by atoms with E-state index in [2.05, 4.69) is 15.6 Å². The molecule has 1 unspecified atom stereocenters. The van der Waals surface area contributed by atoms with Crippen LogP contribution in [0.2, 0.25) is 5.15 Å². The molecule has 8 nitrogen and oxygen atoms in total. The summed E-state index contributed by atoms with van der Waals surface area (Å²) in [6, 6.07) is 0.203. The highest BCUT2D eigenvalue weighted by atomic mass is 35.5. The number of aromatic nitrogens is 1. The summed E-state index contributed by atoms with van der Waals surface area (Å²) in [5, 5.41) is 15.1. The molecule has 0 saturated heterocycles. The number of hydrogen-bond donors (Lipinski definition) is 2. The Morgan fingerprint density at radius 1 is 1.53 bits per heavy atom. The van der Waals surface area contributed by atoms with Crippen LogP contribution in [0.5, 0.6) is 0 Å². The summed E-state index contributed by atoms with van der Waals surface area (Å²) in [6.07, 6.45) is 0.946. The number of likely N-dealkylation sites (N-methyl/N-ethyl adjacent to an activating group) is 1. The minimum absolute atomic E-state index is 0.161. The molecule has 0 aliphatic rings. The van der Waals surface area contributed by atoms with Crippen molar-refractivity contribution in [2.24, 2.45) is 0 Å². The SMILES string of the molecule is CNC(=O)C(C)NC(=O)c1cc([N+](=O)[O-])cnc1Cl. The first-order chi connectivity index (χ1) is 8.86. The largest absolute Gasteiger partial charge is 0.357 e. The topological polar surface area (TPSA) is 114 Å². The zero-order chi connectivity index (χ0) is 14.6. The molecule has 1 heterocycles. The third-order valence-electron chi connectivity index (χ3n) is 2.27. The van der Waals surface area contributed by atoms with Gasteiger partial charge in [-0.15, -0.1) is 0 Å². The molecule has 0 radical (unpaired) electrons. The van der Waals surface area contributed by atoms with Gasteiger partial charge in [0, 0.05) is 13.1 Å². The number of pyridine rings is 1. The Morgan fingerprint density at radius 3 is 2.68 bits per heavy atom. The van der Waals surface area contributed by atoms with Crippen molar-refractivity contribution in [1.29, 1.82) is 0 Å². The van der Waals surface area contributed by atoms with Gasteiger partial charge in [0.1, 0.15) is 17.4 Å². The first-order valence-corrected chi connectivity index (χ1v) is 5.57. The summed E-state index contributed by atoms with van der Waals surface area (Å²) in [6.45, 7) is 1.47. The summed E-state index contributed by atoms with van der Waals surface area (Å²) >= 11 is 5.70. The molecular weight excluding hydrogens is 276 g/mol. The van der Waals surface area contributed by atoms with Crippen LogP contribution in [0.4, 0.5) is 5.69 Å². The van der Waals surface area contributed by atoms with Gasteiger partial charge in [0.25, 0.3) is 11.6 Å². The predicted molar refractivity (Wildman–Crippen MR) is 66.9 cm³/mol. The minimum Gasteiger partial charge on any atom is -0.357 e. The number of amides is 2. The second-order valence-electron chi connectivity index (χ2n) is 3.60. The van der Waals surface area contributed by atoms with Crippen molar-refractivity contribution in [2.45, 2.75) is 13.0 Å². The van der Waals surface area contributed by atoms with E-state index in [-0.39, 0.29) is 16.4 Å². The van der Waals surface area contributed by atoms with E-state index >= 15 is 0 Å². The number of rotatable bonds is 4. The number of halogens is 1. The van der Waals surface area contributed by atoms with Crippen LogP contribution >= 0.6 is 11.6 Å². The molecule has 1 aromatic rings. The number of nitrogens with one attached hydrogen (secondary N) is 2. The first-order valence-electron chi connectivity index (χ1n) is 5.19. The van der Waals surface area contributed by atoms with E-state index in [0.29, 0.717) is 0 Å². The zero-order valence-corrected chi connectivity index (χ0v) is 10.9. The van der Waals surface area contributed by atoms with Crippen LogP contribution in [0.15, 0.2) is 12.3 Å². The maximum atomic E-state index is 11.8. The molecule has 102 valence electrons. The van der Waals surface area contributed by atoms with E-state index in [0.717, 1.165) is 12.3 Å². The van der Waals surface area contributed by atoms with Crippen molar-refractivity contribution in [1.82, 2.24) is 15.6 Å². The highest BCUT2D eigenvalue weighted by Crippen LogP contribution is 2.19. The van der Waals surface area contributed by atoms with Crippen LogP contribution in [-0.2, 0) is 4.79 Å². The van der Waals surface area contributed by atoms with Gasteiger partial charge in [-0.1, -0.05) is 11.6 Å². The zero-order valence-electron chi connectivity index (χ0n) is 10.1. The summed E-state index contributed by atoms with van der Waals surface area (Å²) in [7, 11) is 1.42. The predicted octanol–water partition coefficient (Wildman–Crippen LogP) is 0.507. The second-order valence-corrected chi connectivity index (χ2v) is 3.96. The van der Waals surface area contributed by atoms with Gasteiger partial charge in [-0.3, -0.25) is 19.7 Å². The van der Waals surface area contributed by atoms with Gasteiger partial charge < -0.3 is 10.6 Å². The lowest BCUT2D eigenvalue weighted by Crippen LogP contribution is -2.43. The molecule has 2 amide bonds. The first kappa shape index (κ1) is 14.8. The quantitative estimate of drug-likeness (QED) is 0.475. The average Bonchev–Trinajstić information content (AvgIpc) is 2.37. The van der Waals surface area contributed by atoms with Gasteiger partial charge in [-0.2, -0.15) is 0 Å². The van der Waals surface area contributed by atoms with Crippen LogP contribution in [0.25, 0.3) is 0 Å². The molecule has 1 aromatic heterocycles. The van der Waals surface area contributed by atoms with Crippen molar-refractivity contribution in [3.63, 3.8) is 0 Å². The van der Waals surface area contributed by atoms with Gasteiger partial charge in [-0.05, 0) is 6.92 Å². The van der Waals surface area contributed by atoms with Crippen molar-refractivity contribution in [2.75, 3.05) is 7.05 Å². The lowest BCUT2D eigenvalue weighted by Gasteiger charge is -2.12. The normalized spacial score (nSPS) is 11.5. The Bertz CT molecular complexity index is 534. The highest BCUT2D eigenvalue weighted by Gasteiger charge is 2.20. The van der Waals surface area contributed by atoms with Crippen LogP contribution in [-0.4, -0.2) is 34.8 Å². The van der Waals surface area contributed by atoms with E-state index in [9.17, 15) is 19.7 Å². The molecule has 19 heavy (non-hydrogen) atoms. The Balaban J connectivity index is 2.96. The molecule has 0 aliphatic carbocycles. The molecule has 9 heteroatoms. The number of carbonyl (C=O) groups is 2. The van der Waals surface area contributed by atoms with Gasteiger partial charge in [0.2, 0.25) is 5.91 Å². The molecule has 0 aliphatic heterocycles. The Labute approximate surface area is 113 Å². The highest BCUT2D eigenvalue weighted by molar-refractivity contribution is 6.32. The van der Waals surface area contributed by atoms with E-state index in [1.54, 1.807) is 0 Å². The number of nitrogens with zero attached hydrogens (tertiary/aromatic N) is 2. The van der Waals surface area contributed by atoms with Gasteiger partial charge >= 0.3 is 0 Å². The smallest absolute Gasteiger partial charge is 0.288 e. The van der Waals surface area contributed by atoms with Crippen molar-refractivity contribution < 1.29 is 14.5 Å². The number of carbonyl (C=O) groups excluding carboxylic acids is 2. The summed E-state index contributed by atoms with van der Waals surface area (Å²) in [5.74, 6) is -1.11. The van der Waals surface area contributed by atoms with Crippen molar-refractivity contribution >= 4 is 29.1 Å². The molecule has 0 saturated carbocycles. The monoisotopic (exact) mass is 286 g/mol. The van der Waals surface area contributed by atoms with E-state index < -0.39 is 22.8 Å². The van der Waals surface area contributed by atoms with E-state index in [4.69, 9.17) is 11.6 Å². The fourth-order valence-electron chi connectivity index (χ4n) is 1.25. The molecule has 1 atom stereocenters. The van der Waals surface area contributed by atoms with Crippen LogP contribution in [0, 0.1) is 10.1 Å². The van der Waals surface area contributed by atoms with E-state index in [1.807, 2.05) is 0 Å². The van der Waals surface area contributed by atoms with E-state index in [1.165, 1.54) is 14.0 Å². The summed E-state index contributed by atoms with van der Waals surface area (Å²) in [5.41, 5.74) is -0.520. The Morgan fingerprint density at radius 2 is 2.16 bits per heavy atom. The molecule has 1 rings (SSSR count). The summed E-state index contributed by atoms with van der Waals surface area (Å²) in [4.78, 5) is 36.5. The maximum Gasteiger partial charge on any atom is 0.288 e. The van der Waals surface area contributed by atoms with Crippen LogP contribution < -0.4 is 10.6 Å². The molecule has 0 bridgehead atoms. The lowest BCUT2D eigenvalue weighted by molar-refractivity contribution is -0.385. The molecule has 0 spiro atoms. The van der Waals surface area contributed by atoms with Crippen molar-refractivity contribution in [3.05, 3.63) is 33.1 Å². The van der Waals surface area contributed by atoms with Crippen LogP contribution in [0.1, 0.15) is 17.3 Å². The third kappa shape index (κ3) is 3.62. The van der Waals surface area contributed by atoms with Crippen LogP contribution in [0.3, 0.4) is 0 Å². The van der Waals surface area contributed by atoms with Gasteiger partial charge in [-0.25, -0.2) is 4.98 Å². The third-order valence-corrected chi connectivity index (χ3v) is 2.57. The lowest BCUT2D eigenvalue weighted by atomic mass is 10.2. The standard InChI is InChI=1S/C10H11ClN4O4/c1-5(9(16)12-2)14-10(17)7-3-6(15(18)19)4-13-8(7)11/h3-5H,1-2H3,(H,12,16)(H,14,17). The Hall–Kier alpha value is -2.22. The minimum atomic E-state index is -0.798. The molecular formula is C10H11ClN4O4. The fraction of sp³-hybridized carbons (Fsp3) is 0.300. The fourth-order valence-corrected chi connectivity index (χ4v) is 1.44. The maximum absolute atomic E-state index is 11.8. The molecule has 0 aromatic carbocycles. The molecule has 0 fully saturated rings. The summed E-state index contributed by atoms with van der Waals surface area (Å²) < 4.78 is 0. The van der Waals surface area contributed by atoms with Gasteiger partial charge in [0.15, 0.2) is 0 Å².